The van der Waals surface area contributed by atoms with Gasteiger partial charge in [0, 0.05) is 24.0 Å². The van der Waals surface area contributed by atoms with Crippen LogP contribution >= 0.6 is 0 Å². The zero-order valence-corrected chi connectivity index (χ0v) is 21.6. The van der Waals surface area contributed by atoms with Crippen LogP contribution in [0, 0.1) is 25.7 Å². The van der Waals surface area contributed by atoms with Crippen LogP contribution in [0.3, 0.4) is 0 Å². The maximum atomic E-state index is 12.8. The van der Waals surface area contributed by atoms with Crippen LogP contribution in [0.1, 0.15) is 38.1 Å². The molecule has 0 unspecified atom stereocenters. The van der Waals surface area contributed by atoms with Gasteiger partial charge in [0.05, 0.1) is 23.6 Å². The molecule has 10 nitrogen and oxygen atoms in total. The van der Waals surface area contributed by atoms with Crippen LogP contribution < -0.4 is 15.4 Å². The van der Waals surface area contributed by atoms with Gasteiger partial charge in [-0.3, -0.25) is 0 Å². The van der Waals surface area contributed by atoms with E-state index in [2.05, 4.69) is 25.6 Å². The molecule has 208 valence electrons. The van der Waals surface area contributed by atoms with Crippen molar-refractivity contribution in [1.29, 1.82) is 0 Å². The minimum absolute atomic E-state index is 0.0386. The predicted octanol–water partition coefficient (Wildman–Crippen LogP) is 3.77. The molecule has 3 heterocycles. The maximum absolute atomic E-state index is 12.8. The number of aromatic nitrogens is 3. The Morgan fingerprint density at radius 2 is 1.92 bits per heavy atom. The lowest BCUT2D eigenvalue weighted by atomic mass is 10.0. The second kappa shape index (κ2) is 10.5. The molecule has 1 fully saturated rings. The van der Waals surface area contributed by atoms with Crippen molar-refractivity contribution < 1.29 is 37.6 Å². The van der Waals surface area contributed by atoms with Crippen LogP contribution in [-0.4, -0.2) is 68.0 Å². The Labute approximate surface area is 217 Å². The van der Waals surface area contributed by atoms with Crippen LogP contribution in [0.5, 0.6) is 5.88 Å². The summed E-state index contributed by atoms with van der Waals surface area (Å²) in [7, 11) is 0. The fourth-order valence-electron chi connectivity index (χ4n) is 4.48. The number of nitrogens with one attached hydrogen (secondary N) is 2. The van der Waals surface area contributed by atoms with E-state index < -0.39 is 30.5 Å². The van der Waals surface area contributed by atoms with Crippen LogP contribution in [0.15, 0.2) is 16.5 Å². The summed E-state index contributed by atoms with van der Waals surface area (Å²) >= 11 is 0. The average Bonchev–Trinajstić information content (AvgIpc) is 3.36. The lowest BCUT2D eigenvalue weighted by molar-refractivity contribution is -0.115. The largest absolute Gasteiger partial charge is 0.477 e. The summed E-state index contributed by atoms with van der Waals surface area (Å²) in [5, 5.41) is 36.9. The van der Waals surface area contributed by atoms with Crippen molar-refractivity contribution in [2.45, 2.75) is 58.5 Å². The van der Waals surface area contributed by atoms with Crippen LogP contribution in [0.25, 0.3) is 22.3 Å². The van der Waals surface area contributed by atoms with Gasteiger partial charge in [-0.05, 0) is 38.7 Å². The molecule has 0 amide bonds. The van der Waals surface area contributed by atoms with Gasteiger partial charge in [-0.2, -0.15) is 18.2 Å². The van der Waals surface area contributed by atoms with Gasteiger partial charge in [0.1, 0.15) is 24.2 Å². The number of pyridine rings is 1. The number of alkyl halides is 3. The first kappa shape index (κ1) is 27.9. The summed E-state index contributed by atoms with van der Waals surface area (Å²) in [6, 6.07) is 3.43. The molecule has 0 bridgehead atoms. The molecule has 5 N–H and O–H groups in total. The number of furan rings is 1. The molecule has 0 spiro atoms. The number of hydrogen-bond donors (Lipinski definition) is 5. The lowest BCUT2D eigenvalue weighted by Crippen LogP contribution is -2.48. The second-order valence-corrected chi connectivity index (χ2v) is 10.1. The molecule has 3 atom stereocenters. The highest BCUT2D eigenvalue weighted by molar-refractivity contribution is 5.88. The van der Waals surface area contributed by atoms with E-state index in [4.69, 9.17) is 9.15 Å². The quantitative estimate of drug-likeness (QED) is 0.255. The summed E-state index contributed by atoms with van der Waals surface area (Å²) in [4.78, 5) is 12.8. The molecule has 3 aromatic heterocycles. The van der Waals surface area contributed by atoms with E-state index in [1.807, 2.05) is 13.8 Å². The predicted molar refractivity (Wildman–Crippen MR) is 134 cm³/mol. The van der Waals surface area contributed by atoms with E-state index in [0.29, 0.717) is 41.5 Å². The molecule has 38 heavy (non-hydrogen) atoms. The molecule has 1 aliphatic carbocycles. The van der Waals surface area contributed by atoms with E-state index >= 15 is 0 Å². The van der Waals surface area contributed by atoms with Gasteiger partial charge in [0.25, 0.3) is 0 Å². The fraction of sp³-hybridized carbons (Fsp3) is 0.560. The first-order valence-electron chi connectivity index (χ1n) is 12.3. The van der Waals surface area contributed by atoms with E-state index in [-0.39, 0.29) is 41.8 Å². The number of halogens is 3. The molecule has 13 heteroatoms. The van der Waals surface area contributed by atoms with Crippen molar-refractivity contribution in [2.24, 2.45) is 11.8 Å². The summed E-state index contributed by atoms with van der Waals surface area (Å²) < 4.78 is 50.3. The highest BCUT2D eigenvalue weighted by atomic mass is 19.4. The number of rotatable bonds is 9. The third-order valence-corrected chi connectivity index (χ3v) is 6.40. The number of nitrogens with zero attached hydrogens (tertiary/aromatic N) is 3. The summed E-state index contributed by atoms with van der Waals surface area (Å²) in [5.74, 6) is 0.0664. The number of anilines is 2. The third-order valence-electron chi connectivity index (χ3n) is 6.40. The Balaban J connectivity index is 1.78. The van der Waals surface area contributed by atoms with Gasteiger partial charge < -0.3 is 35.1 Å². The molecule has 0 saturated heterocycles. The Kier molecular flexibility index (Phi) is 7.73. The van der Waals surface area contributed by atoms with Gasteiger partial charge in [-0.15, -0.1) is 0 Å². The molecule has 3 aromatic rings. The third kappa shape index (κ3) is 5.94. The van der Waals surface area contributed by atoms with Gasteiger partial charge >= 0.3 is 6.18 Å². The smallest absolute Gasteiger partial charge is 0.405 e. The van der Waals surface area contributed by atoms with E-state index in [0.717, 1.165) is 0 Å². The van der Waals surface area contributed by atoms with Crippen molar-refractivity contribution in [3.05, 3.63) is 23.5 Å². The van der Waals surface area contributed by atoms with Gasteiger partial charge in [-0.1, -0.05) is 13.8 Å². The lowest BCUT2D eigenvalue weighted by Gasteiger charge is -2.31. The SMILES string of the molecule is Cc1nc(NCC(F)(F)F)nc(N[C@@]2(O)CC[C@H](CO)[C@H]2O)c1-c1cc2cc(OCC(C)C)nc(C)c2o1. The zero-order chi connectivity index (χ0) is 27.8. The van der Waals surface area contributed by atoms with E-state index in [9.17, 15) is 28.5 Å². The summed E-state index contributed by atoms with van der Waals surface area (Å²) in [6.07, 6.45) is -5.44. The van der Waals surface area contributed by atoms with Crippen LogP contribution in [-0.2, 0) is 0 Å². The monoisotopic (exact) mass is 539 g/mol. The topological polar surface area (TPSA) is 146 Å². The zero-order valence-electron chi connectivity index (χ0n) is 21.6. The van der Waals surface area contributed by atoms with Crippen molar-refractivity contribution in [1.82, 2.24) is 15.0 Å². The van der Waals surface area contributed by atoms with Crippen molar-refractivity contribution in [3.8, 4) is 17.2 Å². The number of aryl methyl sites for hydroxylation is 2. The van der Waals surface area contributed by atoms with Crippen molar-refractivity contribution in [3.63, 3.8) is 0 Å². The first-order chi connectivity index (χ1) is 17.8. The minimum Gasteiger partial charge on any atom is -0.477 e. The second-order valence-electron chi connectivity index (χ2n) is 10.1. The number of aliphatic hydroxyl groups is 3. The Hall–Kier alpha value is -3.16. The van der Waals surface area contributed by atoms with Crippen molar-refractivity contribution >= 4 is 22.7 Å². The van der Waals surface area contributed by atoms with Crippen molar-refractivity contribution in [2.75, 3.05) is 30.4 Å². The summed E-state index contributed by atoms with van der Waals surface area (Å²) in [6.45, 7) is 6.15. The average molecular weight is 540 g/mol. The van der Waals surface area contributed by atoms with E-state index in [1.165, 1.54) is 0 Å². The molecular weight excluding hydrogens is 507 g/mol. The minimum atomic E-state index is -4.50. The standard InChI is InChI=1S/C25H32F3N5O5/c1-12(2)10-37-18-8-16-7-17(38-20(16)14(4)30-18)19-13(3)31-23(29-11-25(26,27)28)32-22(19)33-24(36)6-5-15(9-34)21(24)35/h7-8,12,15,21,34-36H,5-6,9-11H2,1-4H3,(H2,29,31,32,33)/t15-,21-,24-/m1/s1. The number of aliphatic hydroxyl groups excluding tert-OH is 2. The van der Waals surface area contributed by atoms with Gasteiger partial charge in [-0.25, -0.2) is 9.97 Å². The number of fused-ring (bicyclic) bond motifs is 1. The Morgan fingerprint density at radius 3 is 2.55 bits per heavy atom. The number of hydrogen-bond acceptors (Lipinski definition) is 10. The van der Waals surface area contributed by atoms with Gasteiger partial charge in [0.15, 0.2) is 11.3 Å². The molecule has 0 radical (unpaired) electrons. The molecule has 0 aliphatic heterocycles. The van der Waals surface area contributed by atoms with Crippen LogP contribution in [0.2, 0.25) is 0 Å². The Morgan fingerprint density at radius 1 is 1.18 bits per heavy atom. The number of ether oxygens (including phenoxy) is 1. The van der Waals surface area contributed by atoms with Crippen LogP contribution in [0.4, 0.5) is 24.9 Å². The summed E-state index contributed by atoms with van der Waals surface area (Å²) in [5.41, 5.74) is -0.286. The van der Waals surface area contributed by atoms with E-state index in [1.54, 1.807) is 26.0 Å². The molecule has 4 rings (SSSR count). The first-order valence-corrected chi connectivity index (χ1v) is 12.3. The Bertz CT molecular complexity index is 1300. The fourth-order valence-corrected chi connectivity index (χ4v) is 4.48. The molecule has 1 aliphatic rings. The highest BCUT2D eigenvalue weighted by Gasteiger charge is 2.47. The van der Waals surface area contributed by atoms with Gasteiger partial charge in [0.2, 0.25) is 11.8 Å². The molecule has 0 aromatic carbocycles. The molecular formula is C25H32F3N5O5. The molecule has 1 saturated carbocycles. The highest BCUT2D eigenvalue weighted by Crippen LogP contribution is 2.40. The normalized spacial score (nSPS) is 21.9. The maximum Gasteiger partial charge on any atom is 0.405 e.